The van der Waals surface area contributed by atoms with Crippen molar-refractivity contribution < 1.29 is 14.2 Å². The first kappa shape index (κ1) is 14.3. The summed E-state index contributed by atoms with van der Waals surface area (Å²) < 4.78 is 16.2. The van der Waals surface area contributed by atoms with Crippen molar-refractivity contribution in [3.05, 3.63) is 47.5 Å². The molecule has 0 spiro atoms. The first-order chi connectivity index (χ1) is 9.69. The normalized spacial score (nSPS) is 10.1. The highest BCUT2D eigenvalue weighted by molar-refractivity contribution is 6.30. The smallest absolute Gasteiger partial charge is 0.142 e. The summed E-state index contributed by atoms with van der Waals surface area (Å²) in [6.45, 7) is 0.804. The van der Waals surface area contributed by atoms with E-state index in [9.17, 15) is 0 Å². The third-order valence-electron chi connectivity index (χ3n) is 2.62. The molecule has 5 heteroatoms. The van der Waals surface area contributed by atoms with Gasteiger partial charge in [0.2, 0.25) is 0 Å². The Hall–Kier alpha value is -2.07. The number of hydrogen-bond donors (Lipinski definition) is 1. The standard InChI is InChI=1S/C15H16ClNO3/c1-18-12-3-2-4-13(10-12)19-7-8-20-15-6-5-11(16)9-14(15)17/h2-6,9-10H,7-8,17H2,1H3. The summed E-state index contributed by atoms with van der Waals surface area (Å²) in [6, 6.07) is 12.5. The van der Waals surface area contributed by atoms with Crippen molar-refractivity contribution in [3.63, 3.8) is 0 Å². The second-order valence-corrected chi connectivity index (χ2v) is 4.49. The summed E-state index contributed by atoms with van der Waals surface area (Å²) >= 11 is 5.81. The highest BCUT2D eigenvalue weighted by Crippen LogP contribution is 2.25. The van der Waals surface area contributed by atoms with E-state index in [2.05, 4.69) is 0 Å². The monoisotopic (exact) mass is 293 g/mol. The molecule has 0 aliphatic rings. The van der Waals surface area contributed by atoms with Crippen molar-refractivity contribution in [1.82, 2.24) is 0 Å². The number of nitrogen functional groups attached to an aromatic ring is 1. The van der Waals surface area contributed by atoms with E-state index in [-0.39, 0.29) is 0 Å². The Morgan fingerprint density at radius 2 is 1.75 bits per heavy atom. The van der Waals surface area contributed by atoms with Crippen molar-refractivity contribution in [3.8, 4) is 17.2 Å². The van der Waals surface area contributed by atoms with E-state index in [1.165, 1.54) is 0 Å². The Kier molecular flexibility index (Phi) is 4.96. The molecule has 2 aromatic carbocycles. The van der Waals surface area contributed by atoms with Gasteiger partial charge in [0.15, 0.2) is 0 Å². The minimum absolute atomic E-state index is 0.392. The van der Waals surface area contributed by atoms with Crippen LogP contribution in [0, 0.1) is 0 Å². The number of hydrogen-bond acceptors (Lipinski definition) is 4. The zero-order valence-corrected chi connectivity index (χ0v) is 11.9. The molecule has 0 aliphatic heterocycles. The van der Waals surface area contributed by atoms with Crippen LogP contribution in [0.2, 0.25) is 5.02 Å². The fraction of sp³-hybridized carbons (Fsp3) is 0.200. The van der Waals surface area contributed by atoms with Crippen LogP contribution in [0.25, 0.3) is 0 Å². The molecule has 2 rings (SSSR count). The fourth-order valence-corrected chi connectivity index (χ4v) is 1.83. The van der Waals surface area contributed by atoms with Crippen LogP contribution in [-0.4, -0.2) is 20.3 Å². The maximum absolute atomic E-state index is 5.81. The number of benzene rings is 2. The molecule has 0 saturated carbocycles. The summed E-state index contributed by atoms with van der Waals surface area (Å²) in [4.78, 5) is 0. The van der Waals surface area contributed by atoms with Gasteiger partial charge in [-0.25, -0.2) is 0 Å². The van der Waals surface area contributed by atoms with Gasteiger partial charge in [0.25, 0.3) is 0 Å². The van der Waals surface area contributed by atoms with Crippen LogP contribution >= 0.6 is 11.6 Å². The molecule has 2 aromatic rings. The summed E-state index contributed by atoms with van der Waals surface area (Å²) in [7, 11) is 1.62. The van der Waals surface area contributed by atoms with Gasteiger partial charge < -0.3 is 19.9 Å². The molecule has 0 bridgehead atoms. The molecule has 0 unspecified atom stereocenters. The highest BCUT2D eigenvalue weighted by atomic mass is 35.5. The lowest BCUT2D eigenvalue weighted by Gasteiger charge is -2.10. The number of methoxy groups -OCH3 is 1. The van der Waals surface area contributed by atoms with Crippen molar-refractivity contribution in [2.45, 2.75) is 0 Å². The SMILES string of the molecule is COc1cccc(OCCOc2ccc(Cl)cc2N)c1. The third-order valence-corrected chi connectivity index (χ3v) is 2.86. The molecule has 106 valence electrons. The van der Waals surface area contributed by atoms with Crippen LogP contribution in [0.4, 0.5) is 5.69 Å². The van der Waals surface area contributed by atoms with Crippen molar-refractivity contribution in [1.29, 1.82) is 0 Å². The molecule has 0 aromatic heterocycles. The molecule has 0 aliphatic carbocycles. The van der Waals surface area contributed by atoms with Gasteiger partial charge in [-0.05, 0) is 30.3 Å². The van der Waals surface area contributed by atoms with Gasteiger partial charge in [-0.3, -0.25) is 0 Å². The molecule has 0 heterocycles. The minimum atomic E-state index is 0.392. The third kappa shape index (κ3) is 3.96. The van der Waals surface area contributed by atoms with Crippen molar-refractivity contribution >= 4 is 17.3 Å². The summed E-state index contributed by atoms with van der Waals surface area (Å²) in [5.41, 5.74) is 6.30. The minimum Gasteiger partial charge on any atom is -0.497 e. The first-order valence-electron chi connectivity index (χ1n) is 6.14. The van der Waals surface area contributed by atoms with Gasteiger partial charge in [0, 0.05) is 11.1 Å². The van der Waals surface area contributed by atoms with E-state index in [0.29, 0.717) is 29.7 Å². The second-order valence-electron chi connectivity index (χ2n) is 4.06. The zero-order valence-electron chi connectivity index (χ0n) is 11.1. The molecule has 0 atom stereocenters. The lowest BCUT2D eigenvalue weighted by Crippen LogP contribution is -2.09. The van der Waals surface area contributed by atoms with E-state index in [1.807, 2.05) is 24.3 Å². The second kappa shape index (κ2) is 6.91. The molecule has 0 fully saturated rings. The van der Waals surface area contributed by atoms with Gasteiger partial charge in [0.1, 0.15) is 30.5 Å². The predicted molar refractivity (Wildman–Crippen MR) is 79.8 cm³/mol. The molecule has 0 radical (unpaired) electrons. The number of halogens is 1. The Labute approximate surface area is 123 Å². The van der Waals surface area contributed by atoms with Gasteiger partial charge in [-0.1, -0.05) is 17.7 Å². The van der Waals surface area contributed by atoms with E-state index >= 15 is 0 Å². The Morgan fingerprint density at radius 3 is 2.50 bits per heavy atom. The lowest BCUT2D eigenvalue weighted by molar-refractivity contribution is 0.217. The van der Waals surface area contributed by atoms with Crippen LogP contribution < -0.4 is 19.9 Å². The van der Waals surface area contributed by atoms with Crippen LogP contribution in [0.1, 0.15) is 0 Å². The zero-order chi connectivity index (χ0) is 14.4. The van der Waals surface area contributed by atoms with E-state index in [0.717, 1.165) is 11.5 Å². The van der Waals surface area contributed by atoms with Crippen LogP contribution in [0.5, 0.6) is 17.2 Å². The molecule has 4 nitrogen and oxygen atoms in total. The first-order valence-corrected chi connectivity index (χ1v) is 6.51. The highest BCUT2D eigenvalue weighted by Gasteiger charge is 2.01. The molecule has 20 heavy (non-hydrogen) atoms. The Balaban J connectivity index is 1.81. The predicted octanol–water partition coefficient (Wildman–Crippen LogP) is 3.39. The van der Waals surface area contributed by atoms with Crippen LogP contribution in [0.3, 0.4) is 0 Å². The van der Waals surface area contributed by atoms with E-state index in [1.54, 1.807) is 25.3 Å². The van der Waals surface area contributed by atoms with E-state index < -0.39 is 0 Å². The number of rotatable bonds is 6. The van der Waals surface area contributed by atoms with Crippen LogP contribution in [0.15, 0.2) is 42.5 Å². The molecular formula is C15H16ClNO3. The van der Waals surface area contributed by atoms with Gasteiger partial charge in [0.05, 0.1) is 12.8 Å². The maximum atomic E-state index is 5.81. The average molecular weight is 294 g/mol. The number of ether oxygens (including phenoxy) is 3. The van der Waals surface area contributed by atoms with Gasteiger partial charge in [-0.2, -0.15) is 0 Å². The maximum Gasteiger partial charge on any atom is 0.142 e. The summed E-state index contributed by atoms with van der Waals surface area (Å²) in [6.07, 6.45) is 0. The molecule has 0 amide bonds. The average Bonchev–Trinajstić information content (AvgIpc) is 2.45. The van der Waals surface area contributed by atoms with Gasteiger partial charge >= 0.3 is 0 Å². The van der Waals surface area contributed by atoms with E-state index in [4.69, 9.17) is 31.5 Å². The molecular weight excluding hydrogens is 278 g/mol. The van der Waals surface area contributed by atoms with Crippen molar-refractivity contribution in [2.75, 3.05) is 26.1 Å². The topological polar surface area (TPSA) is 53.7 Å². The fourth-order valence-electron chi connectivity index (χ4n) is 1.65. The summed E-state index contributed by atoms with van der Waals surface area (Å²) in [5.74, 6) is 2.09. The van der Waals surface area contributed by atoms with Crippen molar-refractivity contribution in [2.24, 2.45) is 0 Å². The van der Waals surface area contributed by atoms with Gasteiger partial charge in [-0.15, -0.1) is 0 Å². The largest absolute Gasteiger partial charge is 0.497 e. The van der Waals surface area contributed by atoms with Crippen LogP contribution in [-0.2, 0) is 0 Å². The summed E-state index contributed by atoms with van der Waals surface area (Å²) in [5, 5.41) is 0.586. The lowest BCUT2D eigenvalue weighted by atomic mass is 10.3. The Bertz CT molecular complexity index is 575. The molecule has 2 N–H and O–H groups in total. The molecule has 0 saturated heterocycles. The number of anilines is 1. The quantitative estimate of drug-likeness (QED) is 0.655. The Morgan fingerprint density at radius 1 is 1.00 bits per heavy atom. The number of nitrogens with two attached hydrogens (primary N) is 1.